The van der Waals surface area contributed by atoms with E-state index >= 15 is 0 Å². The Hall–Kier alpha value is -2.56. The molecule has 0 saturated heterocycles. The van der Waals surface area contributed by atoms with Crippen LogP contribution in [0.2, 0.25) is 0 Å². The zero-order chi connectivity index (χ0) is 15.9. The summed E-state index contributed by atoms with van der Waals surface area (Å²) in [4.78, 5) is 9.10. The van der Waals surface area contributed by atoms with Gasteiger partial charge in [-0.2, -0.15) is 0 Å². The molecule has 0 unspecified atom stereocenters. The quantitative estimate of drug-likeness (QED) is 0.506. The Morgan fingerprint density at radius 1 is 1.26 bits per heavy atom. The van der Waals surface area contributed by atoms with Gasteiger partial charge in [0.15, 0.2) is 5.96 Å². The molecule has 5 heteroatoms. The number of benzene rings is 1. The van der Waals surface area contributed by atoms with E-state index in [4.69, 9.17) is 4.42 Å². The van der Waals surface area contributed by atoms with E-state index in [1.807, 2.05) is 30.3 Å². The van der Waals surface area contributed by atoms with Gasteiger partial charge in [-0.15, -0.1) is 0 Å². The number of hydrogen-bond acceptors (Lipinski definition) is 3. The highest BCUT2D eigenvalue weighted by atomic mass is 16.3. The average Bonchev–Trinajstić information content (AvgIpc) is 3.25. The van der Waals surface area contributed by atoms with E-state index < -0.39 is 0 Å². The van der Waals surface area contributed by atoms with Crippen molar-refractivity contribution in [1.82, 2.24) is 15.6 Å². The van der Waals surface area contributed by atoms with Crippen LogP contribution in [0.3, 0.4) is 0 Å². The zero-order valence-corrected chi connectivity index (χ0v) is 13.3. The number of oxazole rings is 1. The molecule has 1 heterocycles. The van der Waals surface area contributed by atoms with Crippen LogP contribution < -0.4 is 10.6 Å². The van der Waals surface area contributed by atoms with Crippen molar-refractivity contribution < 1.29 is 4.42 Å². The molecule has 23 heavy (non-hydrogen) atoms. The molecular weight excluding hydrogens is 288 g/mol. The summed E-state index contributed by atoms with van der Waals surface area (Å²) in [6.45, 7) is 3.39. The molecule has 1 aromatic carbocycles. The van der Waals surface area contributed by atoms with Gasteiger partial charge < -0.3 is 15.1 Å². The topological polar surface area (TPSA) is 62.5 Å². The fourth-order valence-corrected chi connectivity index (χ4v) is 2.50. The first-order valence-corrected chi connectivity index (χ1v) is 8.05. The number of guanidine groups is 1. The molecule has 0 aliphatic heterocycles. The van der Waals surface area contributed by atoms with Crippen LogP contribution in [0.5, 0.6) is 0 Å². The molecule has 0 fully saturated rings. The second kappa shape index (κ2) is 7.63. The van der Waals surface area contributed by atoms with Crippen molar-refractivity contribution in [2.24, 2.45) is 4.99 Å². The fourth-order valence-electron chi connectivity index (χ4n) is 2.50. The molecule has 0 spiro atoms. The van der Waals surface area contributed by atoms with Crippen molar-refractivity contribution in [2.75, 3.05) is 6.54 Å². The zero-order valence-electron chi connectivity index (χ0n) is 13.3. The van der Waals surface area contributed by atoms with Crippen molar-refractivity contribution in [2.45, 2.75) is 32.4 Å². The van der Waals surface area contributed by atoms with Crippen molar-refractivity contribution in [3.05, 3.63) is 54.4 Å². The third kappa shape index (κ3) is 4.22. The monoisotopic (exact) mass is 310 g/mol. The first-order chi connectivity index (χ1) is 11.3. The van der Waals surface area contributed by atoms with E-state index in [9.17, 15) is 0 Å². The summed E-state index contributed by atoms with van der Waals surface area (Å²) in [7, 11) is 0. The highest BCUT2D eigenvalue weighted by molar-refractivity contribution is 5.80. The number of nitrogens with zero attached hydrogens (tertiary/aromatic N) is 2. The van der Waals surface area contributed by atoms with Crippen LogP contribution in [-0.4, -0.2) is 23.5 Å². The Labute approximate surface area is 136 Å². The van der Waals surface area contributed by atoms with Crippen LogP contribution in [0.15, 0.2) is 58.2 Å². The van der Waals surface area contributed by atoms with Gasteiger partial charge in [0.1, 0.15) is 12.0 Å². The van der Waals surface area contributed by atoms with E-state index in [0.717, 1.165) is 36.6 Å². The minimum absolute atomic E-state index is 0.435. The molecule has 1 aliphatic carbocycles. The third-order valence-corrected chi connectivity index (χ3v) is 3.66. The van der Waals surface area contributed by atoms with Crippen LogP contribution in [0.25, 0.3) is 11.5 Å². The van der Waals surface area contributed by atoms with Gasteiger partial charge in [-0.25, -0.2) is 9.98 Å². The SMILES string of the molecule is CCNC(=NCc1coc(-c2ccccc2)n1)NC1CC=CC1. The summed E-state index contributed by atoms with van der Waals surface area (Å²) in [5.41, 5.74) is 1.80. The Morgan fingerprint density at radius 3 is 2.78 bits per heavy atom. The first-order valence-electron chi connectivity index (χ1n) is 8.05. The Balaban J connectivity index is 1.64. The van der Waals surface area contributed by atoms with Crippen molar-refractivity contribution in [3.8, 4) is 11.5 Å². The van der Waals surface area contributed by atoms with Crippen LogP contribution in [0.1, 0.15) is 25.5 Å². The molecule has 2 aromatic rings. The van der Waals surface area contributed by atoms with E-state index in [-0.39, 0.29) is 0 Å². The van der Waals surface area contributed by atoms with Gasteiger partial charge in [-0.1, -0.05) is 30.4 Å². The molecule has 1 aromatic heterocycles. The summed E-state index contributed by atoms with van der Waals surface area (Å²) < 4.78 is 5.55. The molecule has 5 nitrogen and oxygen atoms in total. The lowest BCUT2D eigenvalue weighted by Crippen LogP contribution is -2.42. The number of hydrogen-bond donors (Lipinski definition) is 2. The highest BCUT2D eigenvalue weighted by Gasteiger charge is 2.12. The van der Waals surface area contributed by atoms with E-state index in [1.54, 1.807) is 6.26 Å². The normalized spacial score (nSPS) is 15.1. The van der Waals surface area contributed by atoms with Gasteiger partial charge in [0, 0.05) is 18.2 Å². The summed E-state index contributed by atoms with van der Waals surface area (Å²) in [5.74, 6) is 1.46. The van der Waals surface area contributed by atoms with Crippen molar-refractivity contribution in [1.29, 1.82) is 0 Å². The lowest BCUT2D eigenvalue weighted by molar-refractivity contribution is 0.572. The van der Waals surface area contributed by atoms with Gasteiger partial charge in [-0.3, -0.25) is 0 Å². The predicted octanol–water partition coefficient (Wildman–Crippen LogP) is 3.12. The highest BCUT2D eigenvalue weighted by Crippen LogP contribution is 2.18. The summed E-state index contributed by atoms with van der Waals surface area (Å²) in [6.07, 6.45) is 8.17. The molecule has 0 bridgehead atoms. The van der Waals surface area contributed by atoms with Crippen LogP contribution in [0, 0.1) is 0 Å². The van der Waals surface area contributed by atoms with E-state index in [2.05, 4.69) is 39.7 Å². The van der Waals surface area contributed by atoms with Crippen LogP contribution in [0.4, 0.5) is 0 Å². The molecular formula is C18H22N4O. The van der Waals surface area contributed by atoms with Crippen molar-refractivity contribution >= 4 is 5.96 Å². The number of aromatic nitrogens is 1. The van der Waals surface area contributed by atoms with Gasteiger partial charge in [0.25, 0.3) is 0 Å². The number of rotatable bonds is 5. The number of nitrogens with one attached hydrogen (secondary N) is 2. The van der Waals surface area contributed by atoms with Crippen LogP contribution in [-0.2, 0) is 6.54 Å². The fraction of sp³-hybridized carbons (Fsp3) is 0.333. The van der Waals surface area contributed by atoms with Crippen LogP contribution >= 0.6 is 0 Å². The number of aliphatic imine (C=N–C) groups is 1. The smallest absolute Gasteiger partial charge is 0.226 e. The molecule has 1 aliphatic rings. The molecule has 0 saturated carbocycles. The maximum Gasteiger partial charge on any atom is 0.226 e. The second-order valence-electron chi connectivity index (χ2n) is 5.49. The second-order valence-corrected chi connectivity index (χ2v) is 5.49. The lowest BCUT2D eigenvalue weighted by atomic mass is 10.2. The van der Waals surface area contributed by atoms with Gasteiger partial charge >= 0.3 is 0 Å². The predicted molar refractivity (Wildman–Crippen MR) is 92.1 cm³/mol. The summed E-state index contributed by atoms with van der Waals surface area (Å²) in [5, 5.41) is 6.71. The maximum absolute atomic E-state index is 5.55. The average molecular weight is 310 g/mol. The Kier molecular flexibility index (Phi) is 5.09. The summed E-state index contributed by atoms with van der Waals surface area (Å²) >= 11 is 0. The molecule has 3 rings (SSSR count). The minimum atomic E-state index is 0.435. The Bertz CT molecular complexity index is 667. The maximum atomic E-state index is 5.55. The van der Waals surface area contributed by atoms with Crippen molar-refractivity contribution in [3.63, 3.8) is 0 Å². The molecule has 120 valence electrons. The first kappa shape index (κ1) is 15.3. The Morgan fingerprint density at radius 2 is 2.04 bits per heavy atom. The molecule has 0 radical (unpaired) electrons. The standard InChI is InChI=1S/C18H22N4O/c1-2-19-18(22-15-10-6-7-11-15)20-12-16-13-23-17(21-16)14-8-4-3-5-9-14/h3-9,13,15H,2,10-12H2,1H3,(H2,19,20,22). The largest absolute Gasteiger partial charge is 0.444 e. The summed E-state index contributed by atoms with van der Waals surface area (Å²) in [6, 6.07) is 10.3. The minimum Gasteiger partial charge on any atom is -0.444 e. The third-order valence-electron chi connectivity index (χ3n) is 3.66. The van der Waals surface area contributed by atoms with Gasteiger partial charge in [-0.05, 0) is 31.9 Å². The van der Waals surface area contributed by atoms with E-state index in [1.165, 1.54) is 0 Å². The van der Waals surface area contributed by atoms with Gasteiger partial charge in [0.05, 0.1) is 6.54 Å². The molecule has 0 amide bonds. The van der Waals surface area contributed by atoms with Gasteiger partial charge in [0.2, 0.25) is 5.89 Å². The lowest BCUT2D eigenvalue weighted by Gasteiger charge is -2.16. The molecule has 0 atom stereocenters. The van der Waals surface area contributed by atoms with E-state index in [0.29, 0.717) is 18.5 Å². The molecule has 2 N–H and O–H groups in total.